The average Bonchev–Trinajstić information content (AvgIpc) is 3.33. The monoisotopic (exact) mass is 537 g/mol. The van der Waals surface area contributed by atoms with E-state index in [9.17, 15) is 9.90 Å². The van der Waals surface area contributed by atoms with E-state index in [1.807, 2.05) is 47.9 Å². The lowest BCUT2D eigenvalue weighted by Gasteiger charge is -2.10. The summed E-state index contributed by atoms with van der Waals surface area (Å²) in [6.07, 6.45) is 1.43. The van der Waals surface area contributed by atoms with Crippen LogP contribution in [-0.2, 0) is 4.79 Å². The zero-order valence-corrected chi connectivity index (χ0v) is 21.9. The molecule has 0 saturated heterocycles. The summed E-state index contributed by atoms with van der Waals surface area (Å²) in [5.41, 5.74) is 5.92. The number of carbonyl (C=O) groups is 1. The van der Waals surface area contributed by atoms with Gasteiger partial charge in [-0.2, -0.15) is 5.10 Å². The highest BCUT2D eigenvalue weighted by atomic mass is 35.5. The second-order valence-electron chi connectivity index (χ2n) is 7.84. The number of hydrazone groups is 1. The van der Waals surface area contributed by atoms with Gasteiger partial charge in [0.25, 0.3) is 5.91 Å². The Morgan fingerprint density at radius 2 is 1.73 bits per heavy atom. The molecule has 0 atom stereocenters. The van der Waals surface area contributed by atoms with Crippen LogP contribution >= 0.6 is 23.4 Å². The second-order valence-corrected chi connectivity index (χ2v) is 9.22. The lowest BCUT2D eigenvalue weighted by atomic mass is 10.1. The van der Waals surface area contributed by atoms with E-state index in [0.29, 0.717) is 21.6 Å². The predicted octanol–water partition coefficient (Wildman–Crippen LogP) is 4.86. The highest BCUT2D eigenvalue weighted by Crippen LogP contribution is 2.36. The molecule has 1 heterocycles. The number of benzene rings is 3. The Bertz CT molecular complexity index is 1400. The maximum Gasteiger partial charge on any atom is 0.250 e. The van der Waals surface area contributed by atoms with Crippen molar-refractivity contribution >= 4 is 35.5 Å². The fourth-order valence-electron chi connectivity index (χ4n) is 3.41. The normalized spacial score (nSPS) is 11.0. The van der Waals surface area contributed by atoms with Gasteiger partial charge in [0.1, 0.15) is 0 Å². The molecule has 190 valence electrons. The Kier molecular flexibility index (Phi) is 8.32. The van der Waals surface area contributed by atoms with Crippen molar-refractivity contribution < 1.29 is 19.4 Å². The van der Waals surface area contributed by atoms with Gasteiger partial charge in [-0.3, -0.25) is 9.36 Å². The molecular formula is C26H24ClN5O4S. The topological polar surface area (TPSA) is 111 Å². The standard InChI is InChI=1S/C26H24ClN5O4S/c1-16-4-6-18(7-5-16)25-30-31-26(32(25)20-10-8-19(27)9-11-20)37-15-23(33)29-28-14-17-12-21(35-2)24(34)22(13-17)36-3/h4-14,34H,15H2,1-3H3,(H,29,33)/b28-14+. The van der Waals surface area contributed by atoms with Crippen LogP contribution in [0.5, 0.6) is 17.2 Å². The maximum atomic E-state index is 12.5. The van der Waals surface area contributed by atoms with Crippen molar-refractivity contribution in [2.75, 3.05) is 20.0 Å². The molecule has 0 fully saturated rings. The Morgan fingerprint density at radius 1 is 1.08 bits per heavy atom. The van der Waals surface area contributed by atoms with Gasteiger partial charge in [-0.1, -0.05) is 53.2 Å². The molecule has 0 unspecified atom stereocenters. The number of aromatic nitrogens is 3. The van der Waals surface area contributed by atoms with Crippen molar-refractivity contribution in [1.82, 2.24) is 20.2 Å². The number of halogens is 1. The highest BCUT2D eigenvalue weighted by Gasteiger charge is 2.17. The maximum absolute atomic E-state index is 12.5. The summed E-state index contributed by atoms with van der Waals surface area (Å²) in [4.78, 5) is 12.5. The minimum absolute atomic E-state index is 0.0547. The summed E-state index contributed by atoms with van der Waals surface area (Å²) in [6, 6.07) is 18.5. The molecule has 1 amide bonds. The van der Waals surface area contributed by atoms with E-state index in [1.54, 1.807) is 24.3 Å². The molecular weight excluding hydrogens is 514 g/mol. The Balaban J connectivity index is 1.49. The third-order valence-corrected chi connectivity index (χ3v) is 6.45. The molecule has 4 aromatic rings. The molecule has 0 aliphatic carbocycles. The number of rotatable bonds is 9. The second kappa shape index (κ2) is 11.8. The van der Waals surface area contributed by atoms with E-state index in [1.165, 1.54) is 32.2 Å². The van der Waals surface area contributed by atoms with Gasteiger partial charge in [-0.05, 0) is 43.3 Å². The van der Waals surface area contributed by atoms with Crippen molar-refractivity contribution in [3.63, 3.8) is 0 Å². The zero-order chi connectivity index (χ0) is 26.4. The van der Waals surface area contributed by atoms with Gasteiger partial charge in [0.2, 0.25) is 5.75 Å². The van der Waals surface area contributed by atoms with E-state index >= 15 is 0 Å². The number of hydrogen-bond acceptors (Lipinski definition) is 8. The van der Waals surface area contributed by atoms with Gasteiger partial charge in [0, 0.05) is 21.8 Å². The molecule has 11 heteroatoms. The summed E-state index contributed by atoms with van der Waals surface area (Å²) in [7, 11) is 2.86. The van der Waals surface area contributed by atoms with E-state index in [0.717, 1.165) is 16.8 Å². The molecule has 0 spiro atoms. The smallest absolute Gasteiger partial charge is 0.250 e. The number of methoxy groups -OCH3 is 2. The summed E-state index contributed by atoms with van der Waals surface area (Å²) in [5.74, 6) is 0.721. The molecule has 37 heavy (non-hydrogen) atoms. The first-order valence-electron chi connectivity index (χ1n) is 11.1. The summed E-state index contributed by atoms with van der Waals surface area (Å²) in [5, 5.41) is 23.9. The third-order valence-electron chi connectivity index (χ3n) is 5.27. The number of hydrogen-bond donors (Lipinski definition) is 2. The number of aromatic hydroxyl groups is 1. The van der Waals surface area contributed by atoms with E-state index < -0.39 is 0 Å². The van der Waals surface area contributed by atoms with Crippen LogP contribution in [-0.4, -0.2) is 52.0 Å². The Morgan fingerprint density at radius 3 is 2.35 bits per heavy atom. The summed E-state index contributed by atoms with van der Waals surface area (Å²) >= 11 is 7.32. The van der Waals surface area contributed by atoms with Crippen LogP contribution < -0.4 is 14.9 Å². The zero-order valence-electron chi connectivity index (χ0n) is 20.3. The van der Waals surface area contributed by atoms with Gasteiger partial charge in [0.05, 0.1) is 26.2 Å². The minimum atomic E-state index is -0.332. The van der Waals surface area contributed by atoms with E-state index in [-0.39, 0.29) is 28.9 Å². The first kappa shape index (κ1) is 26.1. The Labute approximate surface area is 223 Å². The molecule has 1 aromatic heterocycles. The number of phenols is 1. The van der Waals surface area contributed by atoms with Gasteiger partial charge in [-0.25, -0.2) is 5.43 Å². The molecule has 0 aliphatic heterocycles. The number of aryl methyl sites for hydroxylation is 1. The summed E-state index contributed by atoms with van der Waals surface area (Å²) in [6.45, 7) is 2.02. The van der Waals surface area contributed by atoms with Crippen molar-refractivity contribution in [2.24, 2.45) is 5.10 Å². The number of phenolic OH excluding ortho intramolecular Hbond substituents is 1. The minimum Gasteiger partial charge on any atom is -0.502 e. The van der Waals surface area contributed by atoms with Crippen molar-refractivity contribution in [1.29, 1.82) is 0 Å². The first-order valence-corrected chi connectivity index (χ1v) is 12.4. The first-order chi connectivity index (χ1) is 17.9. The van der Waals surface area contributed by atoms with Gasteiger partial charge in [-0.15, -0.1) is 10.2 Å². The number of amides is 1. The Hall–Kier alpha value is -4.02. The predicted molar refractivity (Wildman–Crippen MR) is 144 cm³/mol. The van der Waals surface area contributed by atoms with Crippen molar-refractivity contribution in [3.8, 4) is 34.3 Å². The van der Waals surface area contributed by atoms with Crippen molar-refractivity contribution in [2.45, 2.75) is 12.1 Å². The number of thioether (sulfide) groups is 1. The molecule has 3 aromatic carbocycles. The fraction of sp³-hybridized carbons (Fsp3) is 0.154. The molecule has 0 bridgehead atoms. The number of nitrogens with zero attached hydrogens (tertiary/aromatic N) is 4. The van der Waals surface area contributed by atoms with Crippen molar-refractivity contribution in [3.05, 3.63) is 76.8 Å². The third kappa shape index (κ3) is 6.22. The van der Waals surface area contributed by atoms with Gasteiger partial charge < -0.3 is 14.6 Å². The van der Waals surface area contributed by atoms with Crippen LogP contribution in [0.15, 0.2) is 70.9 Å². The molecule has 9 nitrogen and oxygen atoms in total. The lowest BCUT2D eigenvalue weighted by molar-refractivity contribution is -0.118. The fourth-order valence-corrected chi connectivity index (χ4v) is 4.28. The van der Waals surface area contributed by atoms with Crippen LogP contribution in [0.25, 0.3) is 17.1 Å². The largest absolute Gasteiger partial charge is 0.502 e. The average molecular weight is 538 g/mol. The van der Waals surface area contributed by atoms with Crippen LogP contribution in [0.2, 0.25) is 5.02 Å². The van der Waals surface area contributed by atoms with Crippen LogP contribution in [0.3, 0.4) is 0 Å². The van der Waals surface area contributed by atoms with Crippen LogP contribution in [0.1, 0.15) is 11.1 Å². The number of ether oxygens (including phenoxy) is 2. The van der Waals surface area contributed by atoms with E-state index in [4.69, 9.17) is 21.1 Å². The SMILES string of the molecule is COc1cc(/C=N/NC(=O)CSc2nnc(-c3ccc(C)cc3)n2-c2ccc(Cl)cc2)cc(OC)c1O. The molecule has 0 saturated carbocycles. The molecule has 2 N–H and O–H groups in total. The van der Waals surface area contributed by atoms with Crippen LogP contribution in [0.4, 0.5) is 0 Å². The molecule has 0 aliphatic rings. The van der Waals surface area contributed by atoms with Gasteiger partial charge >= 0.3 is 0 Å². The van der Waals surface area contributed by atoms with E-state index in [2.05, 4.69) is 20.7 Å². The summed E-state index contributed by atoms with van der Waals surface area (Å²) < 4.78 is 12.2. The number of carbonyl (C=O) groups excluding carboxylic acids is 1. The lowest BCUT2D eigenvalue weighted by Crippen LogP contribution is -2.20. The quantitative estimate of drug-likeness (QED) is 0.178. The molecule has 0 radical (unpaired) electrons. The van der Waals surface area contributed by atoms with Gasteiger partial charge in [0.15, 0.2) is 22.5 Å². The van der Waals surface area contributed by atoms with Crippen LogP contribution in [0, 0.1) is 6.92 Å². The highest BCUT2D eigenvalue weighted by molar-refractivity contribution is 7.99. The molecule has 4 rings (SSSR count). The number of nitrogens with one attached hydrogen (secondary N) is 1.